The van der Waals surface area contributed by atoms with Crippen LogP contribution in [-0.4, -0.2) is 30.5 Å². The predicted molar refractivity (Wildman–Crippen MR) is 64.6 cm³/mol. The fourth-order valence-electron chi connectivity index (χ4n) is 1.30. The van der Waals surface area contributed by atoms with Gasteiger partial charge in [0.1, 0.15) is 5.75 Å². The van der Waals surface area contributed by atoms with Gasteiger partial charge in [0.05, 0.1) is 5.71 Å². The Hall–Kier alpha value is -2.04. The van der Waals surface area contributed by atoms with Crippen LogP contribution in [0.15, 0.2) is 29.4 Å². The number of carbonyl (C=O) groups excluding carboxylic acids is 1. The van der Waals surface area contributed by atoms with Crippen molar-refractivity contribution >= 4 is 11.6 Å². The Bertz CT molecular complexity index is 399. The van der Waals surface area contributed by atoms with Crippen LogP contribution in [0.2, 0.25) is 0 Å². The Kier molecular flexibility index (Phi) is 5.00. The highest BCUT2D eigenvalue weighted by Gasteiger charge is 2.03. The number of nitrogens with zero attached hydrogens (tertiary/aromatic N) is 1. The Balaban J connectivity index is 2.65. The second-order valence-electron chi connectivity index (χ2n) is 3.39. The summed E-state index contributed by atoms with van der Waals surface area (Å²) in [6, 6.07) is 7.05. The molecule has 0 bridgehead atoms. The Morgan fingerprint density at radius 1 is 1.41 bits per heavy atom. The third kappa shape index (κ3) is 3.79. The molecule has 5 heteroatoms. The van der Waals surface area contributed by atoms with E-state index in [4.69, 9.17) is 9.94 Å². The summed E-state index contributed by atoms with van der Waals surface area (Å²) in [7, 11) is 1.56. The Morgan fingerprint density at radius 3 is 2.53 bits per heavy atom. The van der Waals surface area contributed by atoms with Gasteiger partial charge in [0.25, 0.3) is 5.91 Å². The van der Waals surface area contributed by atoms with Crippen LogP contribution in [0, 0.1) is 0 Å². The van der Waals surface area contributed by atoms with Gasteiger partial charge < -0.3 is 15.3 Å². The predicted octanol–water partition coefficient (Wildman–Crippen LogP) is 1.40. The molecule has 0 radical (unpaired) electrons. The number of carbonyl (C=O) groups is 1. The molecule has 0 aliphatic carbocycles. The van der Waals surface area contributed by atoms with E-state index >= 15 is 0 Å². The van der Waals surface area contributed by atoms with Gasteiger partial charge in [-0.05, 0) is 36.2 Å². The van der Waals surface area contributed by atoms with Crippen LogP contribution in [0.3, 0.4) is 0 Å². The van der Waals surface area contributed by atoms with Crippen LogP contribution in [0.5, 0.6) is 5.75 Å². The fourth-order valence-corrected chi connectivity index (χ4v) is 1.30. The molecule has 0 spiro atoms. The maximum absolute atomic E-state index is 11.0. The van der Waals surface area contributed by atoms with Crippen molar-refractivity contribution in [2.24, 2.45) is 5.16 Å². The molecule has 0 saturated heterocycles. The number of rotatable bonds is 5. The van der Waals surface area contributed by atoms with Gasteiger partial charge in [-0.3, -0.25) is 4.79 Å². The summed E-state index contributed by atoms with van der Waals surface area (Å²) in [5.41, 5.74) is 1.45. The summed E-state index contributed by atoms with van der Waals surface area (Å²) in [6.45, 7) is 1.90. The molecule has 0 aromatic heterocycles. The third-order valence-electron chi connectivity index (χ3n) is 2.29. The molecule has 92 valence electrons. The van der Waals surface area contributed by atoms with E-state index in [1.807, 2.05) is 6.92 Å². The van der Waals surface area contributed by atoms with Crippen molar-refractivity contribution in [2.75, 3.05) is 13.7 Å². The lowest BCUT2D eigenvalue weighted by atomic mass is 10.1. The molecule has 0 saturated carbocycles. The van der Waals surface area contributed by atoms with Crippen molar-refractivity contribution in [1.82, 2.24) is 5.32 Å². The first kappa shape index (κ1) is 13.0. The van der Waals surface area contributed by atoms with Gasteiger partial charge in [-0.1, -0.05) is 12.1 Å². The summed E-state index contributed by atoms with van der Waals surface area (Å²) in [6.07, 6.45) is 0.648. The van der Waals surface area contributed by atoms with Gasteiger partial charge >= 0.3 is 0 Å². The number of benzene rings is 1. The number of hydrogen-bond acceptors (Lipinski definition) is 4. The van der Waals surface area contributed by atoms with Crippen LogP contribution >= 0.6 is 0 Å². The summed E-state index contributed by atoms with van der Waals surface area (Å²) in [5.74, 6) is 0.422. The molecule has 1 aromatic rings. The number of hydrogen-bond donors (Lipinski definition) is 2. The summed E-state index contributed by atoms with van der Waals surface area (Å²) in [4.78, 5) is 11.0. The average molecular weight is 236 g/mol. The topological polar surface area (TPSA) is 70.9 Å². The first-order valence-electron chi connectivity index (χ1n) is 5.36. The summed E-state index contributed by atoms with van der Waals surface area (Å²) < 4.78 is 5.25. The van der Waals surface area contributed by atoms with Crippen molar-refractivity contribution in [3.05, 3.63) is 29.8 Å². The number of nitrogens with one attached hydrogen (secondary N) is 1. The molecule has 5 nitrogen and oxygen atoms in total. The van der Waals surface area contributed by atoms with Gasteiger partial charge in [0, 0.05) is 7.05 Å². The van der Waals surface area contributed by atoms with E-state index in [2.05, 4.69) is 10.5 Å². The highest BCUT2D eigenvalue weighted by Crippen LogP contribution is 2.13. The zero-order valence-electron chi connectivity index (χ0n) is 9.93. The van der Waals surface area contributed by atoms with Crippen molar-refractivity contribution < 1.29 is 14.7 Å². The van der Waals surface area contributed by atoms with E-state index in [0.717, 1.165) is 5.56 Å². The van der Waals surface area contributed by atoms with Gasteiger partial charge in [0.2, 0.25) is 0 Å². The quantitative estimate of drug-likeness (QED) is 0.461. The van der Waals surface area contributed by atoms with Crippen molar-refractivity contribution in [3.63, 3.8) is 0 Å². The first-order valence-corrected chi connectivity index (χ1v) is 5.36. The molecule has 17 heavy (non-hydrogen) atoms. The number of ether oxygens (including phenoxy) is 1. The van der Waals surface area contributed by atoms with Gasteiger partial charge in [-0.15, -0.1) is 0 Å². The van der Waals surface area contributed by atoms with Crippen LogP contribution in [0.1, 0.15) is 18.9 Å². The molecule has 0 heterocycles. The van der Waals surface area contributed by atoms with Crippen LogP contribution < -0.4 is 10.1 Å². The normalized spacial score (nSPS) is 11.1. The first-order chi connectivity index (χ1) is 8.21. The average Bonchev–Trinajstić information content (AvgIpc) is 2.38. The molecule has 1 rings (SSSR count). The van der Waals surface area contributed by atoms with Crippen molar-refractivity contribution in [1.29, 1.82) is 0 Å². The number of amides is 1. The van der Waals surface area contributed by atoms with E-state index in [9.17, 15) is 4.79 Å². The molecule has 0 unspecified atom stereocenters. The van der Waals surface area contributed by atoms with Gasteiger partial charge in [-0.2, -0.15) is 0 Å². The Morgan fingerprint density at radius 2 is 2.06 bits per heavy atom. The second-order valence-corrected chi connectivity index (χ2v) is 3.39. The standard InChI is InChI=1S/C12H16N2O3/c1-3-11(14-16)9-4-6-10(7-5-9)17-8-12(15)13-2/h4-7,16H,3,8H2,1-2H3,(H,13,15)/b14-11+. The van der Waals surface area contributed by atoms with Crippen LogP contribution in [-0.2, 0) is 4.79 Å². The largest absolute Gasteiger partial charge is 0.484 e. The summed E-state index contributed by atoms with van der Waals surface area (Å²) in [5, 5.41) is 14.4. The van der Waals surface area contributed by atoms with Crippen molar-refractivity contribution in [2.45, 2.75) is 13.3 Å². The van der Waals surface area contributed by atoms with Gasteiger partial charge in [0.15, 0.2) is 6.61 Å². The Labute approximate surface area is 100 Å². The number of likely N-dealkylation sites (N-methyl/N-ethyl adjacent to an activating group) is 1. The minimum absolute atomic E-state index is 0.00935. The van der Waals surface area contributed by atoms with Gasteiger partial charge in [-0.25, -0.2) is 0 Å². The molecule has 0 aliphatic heterocycles. The van der Waals surface area contributed by atoms with E-state index < -0.39 is 0 Å². The number of oxime groups is 1. The minimum atomic E-state index is -0.180. The molecule has 1 aromatic carbocycles. The highest BCUT2D eigenvalue weighted by molar-refractivity contribution is 6.00. The zero-order chi connectivity index (χ0) is 12.7. The van der Waals surface area contributed by atoms with Crippen LogP contribution in [0.4, 0.5) is 0 Å². The minimum Gasteiger partial charge on any atom is -0.484 e. The monoisotopic (exact) mass is 236 g/mol. The summed E-state index contributed by atoms with van der Waals surface area (Å²) >= 11 is 0. The smallest absolute Gasteiger partial charge is 0.257 e. The molecule has 0 fully saturated rings. The van der Waals surface area contributed by atoms with E-state index in [0.29, 0.717) is 17.9 Å². The molecule has 0 aliphatic rings. The molecular formula is C12H16N2O3. The van der Waals surface area contributed by atoms with Crippen LogP contribution in [0.25, 0.3) is 0 Å². The van der Waals surface area contributed by atoms with E-state index in [-0.39, 0.29) is 12.5 Å². The highest BCUT2D eigenvalue weighted by atomic mass is 16.5. The maximum atomic E-state index is 11.0. The lowest BCUT2D eigenvalue weighted by Gasteiger charge is -2.06. The molecule has 0 atom stereocenters. The lowest BCUT2D eigenvalue weighted by Crippen LogP contribution is -2.24. The third-order valence-corrected chi connectivity index (χ3v) is 2.29. The maximum Gasteiger partial charge on any atom is 0.257 e. The zero-order valence-corrected chi connectivity index (χ0v) is 9.93. The lowest BCUT2D eigenvalue weighted by molar-refractivity contribution is -0.122. The SMILES string of the molecule is CC/C(=N\O)c1ccc(OCC(=O)NC)cc1. The van der Waals surface area contributed by atoms with E-state index in [1.54, 1.807) is 31.3 Å². The molecule has 2 N–H and O–H groups in total. The molecule has 1 amide bonds. The van der Waals surface area contributed by atoms with E-state index in [1.165, 1.54) is 0 Å². The fraction of sp³-hybridized carbons (Fsp3) is 0.333. The van der Waals surface area contributed by atoms with Crippen molar-refractivity contribution in [3.8, 4) is 5.75 Å². The molecular weight excluding hydrogens is 220 g/mol. The second kappa shape index (κ2) is 6.52.